The Hall–Kier alpha value is -3.28. The second kappa shape index (κ2) is 10.2. The minimum atomic E-state index is -0.430. The molecule has 1 unspecified atom stereocenters. The predicted octanol–water partition coefficient (Wildman–Crippen LogP) is 6.02. The quantitative estimate of drug-likeness (QED) is 0.436. The summed E-state index contributed by atoms with van der Waals surface area (Å²) < 4.78 is 14.7. The molecule has 2 atom stereocenters. The second-order valence-electron chi connectivity index (χ2n) is 8.14. The molecule has 5 nitrogen and oxygen atoms in total. The molecule has 6 heteroatoms. The predicted molar refractivity (Wildman–Crippen MR) is 134 cm³/mol. The molecule has 0 radical (unpaired) electrons. The summed E-state index contributed by atoms with van der Waals surface area (Å²) in [6.45, 7) is 19.6. The lowest BCUT2D eigenvalue weighted by atomic mass is 10.0. The van der Waals surface area contributed by atoms with Crippen LogP contribution in [0.4, 0.5) is 27.4 Å². The number of anilines is 4. The number of aromatic nitrogens is 1. The van der Waals surface area contributed by atoms with Gasteiger partial charge in [-0.1, -0.05) is 25.8 Å². The molecule has 0 spiro atoms. The molecule has 0 saturated carbocycles. The average Bonchev–Trinajstić information content (AvgIpc) is 2.69. The monoisotopic (exact) mass is 423 g/mol. The summed E-state index contributed by atoms with van der Waals surface area (Å²) in [6.07, 6.45) is 1.59. The Morgan fingerprint density at radius 1 is 1.10 bits per heavy atom. The molecule has 0 bridgehead atoms. The normalized spacial score (nSPS) is 12.5. The van der Waals surface area contributed by atoms with Crippen LogP contribution in [-0.2, 0) is 0 Å². The molecule has 3 N–H and O–H groups in total. The van der Waals surface area contributed by atoms with E-state index in [1.165, 1.54) is 6.07 Å². The van der Waals surface area contributed by atoms with Gasteiger partial charge in [-0.15, -0.1) is 0 Å². The fourth-order valence-corrected chi connectivity index (χ4v) is 3.20. The molecule has 1 aromatic heterocycles. The van der Waals surface area contributed by atoms with Gasteiger partial charge in [-0.05, 0) is 57.5 Å². The molecule has 2 rings (SSSR count). The van der Waals surface area contributed by atoms with E-state index in [4.69, 9.17) is 0 Å². The highest BCUT2D eigenvalue weighted by atomic mass is 19.1. The zero-order chi connectivity index (χ0) is 23.3. The van der Waals surface area contributed by atoms with Crippen molar-refractivity contribution in [1.29, 1.82) is 0 Å². The summed E-state index contributed by atoms with van der Waals surface area (Å²) in [7, 11) is 3.99. The summed E-state index contributed by atoms with van der Waals surface area (Å²) >= 11 is 0. The lowest BCUT2D eigenvalue weighted by Gasteiger charge is -2.24. The largest absolute Gasteiger partial charge is 0.385 e. The highest BCUT2D eigenvalue weighted by Gasteiger charge is 2.17. The Morgan fingerprint density at radius 2 is 1.77 bits per heavy atom. The van der Waals surface area contributed by atoms with Crippen LogP contribution in [0.5, 0.6) is 0 Å². The number of pyridine rings is 1. The Labute approximate surface area is 185 Å². The van der Waals surface area contributed by atoms with E-state index in [9.17, 15) is 4.39 Å². The van der Waals surface area contributed by atoms with Gasteiger partial charge in [-0.2, -0.15) is 0 Å². The van der Waals surface area contributed by atoms with Crippen LogP contribution in [0.1, 0.15) is 38.8 Å². The molecule has 0 aliphatic rings. The molecule has 166 valence electrons. The van der Waals surface area contributed by atoms with Crippen LogP contribution < -0.4 is 20.9 Å². The lowest BCUT2D eigenvalue weighted by molar-refractivity contribution is 0.540. The zero-order valence-electron chi connectivity index (χ0n) is 19.4. The topological polar surface area (TPSA) is 52.2 Å². The number of nitrogens with one attached hydrogen (secondary N) is 3. The van der Waals surface area contributed by atoms with Crippen LogP contribution in [0.25, 0.3) is 11.6 Å². The number of halogens is 1. The van der Waals surface area contributed by atoms with E-state index in [2.05, 4.69) is 40.7 Å². The van der Waals surface area contributed by atoms with Crippen LogP contribution in [0.15, 0.2) is 49.7 Å². The van der Waals surface area contributed by atoms with Crippen molar-refractivity contribution in [1.82, 2.24) is 10.3 Å². The highest BCUT2D eigenvalue weighted by Crippen LogP contribution is 2.31. The summed E-state index contributed by atoms with van der Waals surface area (Å²) in [5.74, 6) is 0.276. The van der Waals surface area contributed by atoms with Gasteiger partial charge >= 0.3 is 0 Å². The first-order valence-electron chi connectivity index (χ1n) is 10.3. The van der Waals surface area contributed by atoms with E-state index >= 15 is 0 Å². The van der Waals surface area contributed by atoms with Crippen LogP contribution in [0.2, 0.25) is 0 Å². The standard InChI is InChI=1S/C25H34FN5/c1-10-19-13-22(26)25(28-18(7)17(6)27-16(4)5)30-24(19)29-20-11-12-23(31(8)9)21(14-20)15(2)3/h10-14,17-18,27H,1-2,4H2,3,5-9H3,(H2,28,29,30)/t17-,18?/m0/s1. The van der Waals surface area contributed by atoms with Gasteiger partial charge in [-0.25, -0.2) is 9.37 Å². The van der Waals surface area contributed by atoms with Crippen molar-refractivity contribution in [2.45, 2.75) is 39.8 Å². The Bertz CT molecular complexity index is 980. The minimum absolute atomic E-state index is 0.0471. The Morgan fingerprint density at radius 3 is 2.32 bits per heavy atom. The van der Waals surface area contributed by atoms with E-state index in [1.807, 2.05) is 64.9 Å². The average molecular weight is 424 g/mol. The van der Waals surface area contributed by atoms with E-state index < -0.39 is 5.82 Å². The Balaban J connectivity index is 2.37. The number of hydrogen-bond donors (Lipinski definition) is 3. The van der Waals surface area contributed by atoms with Gasteiger partial charge in [0, 0.05) is 54.4 Å². The minimum Gasteiger partial charge on any atom is -0.385 e. The van der Waals surface area contributed by atoms with E-state index in [1.54, 1.807) is 6.08 Å². The van der Waals surface area contributed by atoms with E-state index in [0.29, 0.717) is 11.4 Å². The third-order valence-corrected chi connectivity index (χ3v) is 5.01. The molecule has 0 saturated heterocycles. The van der Waals surface area contributed by atoms with Gasteiger partial charge in [0.2, 0.25) is 0 Å². The summed E-state index contributed by atoms with van der Waals surface area (Å²) in [5, 5.41) is 9.71. The highest BCUT2D eigenvalue weighted by molar-refractivity contribution is 5.79. The second-order valence-corrected chi connectivity index (χ2v) is 8.14. The maximum atomic E-state index is 14.7. The molecular formula is C25H34FN5. The van der Waals surface area contributed by atoms with Crippen molar-refractivity contribution in [3.63, 3.8) is 0 Å². The summed E-state index contributed by atoms with van der Waals surface area (Å²) in [6, 6.07) is 7.41. The maximum Gasteiger partial charge on any atom is 0.166 e. The van der Waals surface area contributed by atoms with Crippen molar-refractivity contribution in [2.75, 3.05) is 29.6 Å². The Kier molecular flexibility index (Phi) is 7.86. The van der Waals surface area contributed by atoms with Gasteiger partial charge in [0.05, 0.1) is 0 Å². The SMILES string of the molecule is C=Cc1cc(F)c(NC(C)[C@H](C)NC(=C)C)nc1Nc1ccc(N(C)C)c(C(=C)C)c1. The third-order valence-electron chi connectivity index (χ3n) is 5.01. The molecule has 0 fully saturated rings. The van der Waals surface area contributed by atoms with E-state index in [-0.39, 0.29) is 17.9 Å². The van der Waals surface area contributed by atoms with Crippen LogP contribution in [-0.4, -0.2) is 31.2 Å². The fraction of sp³-hybridized carbons (Fsp3) is 0.320. The molecule has 0 aliphatic heterocycles. The first-order chi connectivity index (χ1) is 14.5. The number of nitrogens with zero attached hydrogens (tertiary/aromatic N) is 2. The molecule has 31 heavy (non-hydrogen) atoms. The zero-order valence-corrected chi connectivity index (χ0v) is 19.4. The van der Waals surface area contributed by atoms with Crippen molar-refractivity contribution in [2.24, 2.45) is 0 Å². The van der Waals surface area contributed by atoms with Crippen LogP contribution in [0.3, 0.4) is 0 Å². The van der Waals surface area contributed by atoms with Crippen molar-refractivity contribution < 1.29 is 4.39 Å². The summed E-state index contributed by atoms with van der Waals surface area (Å²) in [5.41, 5.74) is 5.33. The molecule has 2 aromatic rings. The van der Waals surface area contributed by atoms with Gasteiger partial charge in [0.15, 0.2) is 11.6 Å². The van der Waals surface area contributed by atoms with Gasteiger partial charge in [-0.3, -0.25) is 0 Å². The van der Waals surface area contributed by atoms with Crippen molar-refractivity contribution in [3.05, 3.63) is 66.6 Å². The maximum absolute atomic E-state index is 14.7. The van der Waals surface area contributed by atoms with Crippen molar-refractivity contribution >= 4 is 34.7 Å². The van der Waals surface area contributed by atoms with Gasteiger partial charge in [0.1, 0.15) is 5.82 Å². The third kappa shape index (κ3) is 6.10. The molecule has 0 aliphatic carbocycles. The lowest BCUT2D eigenvalue weighted by Crippen LogP contribution is -2.39. The molecule has 1 heterocycles. The van der Waals surface area contributed by atoms with Crippen LogP contribution >= 0.6 is 0 Å². The van der Waals surface area contributed by atoms with E-state index in [0.717, 1.165) is 28.2 Å². The molecule has 0 amide bonds. The van der Waals surface area contributed by atoms with Gasteiger partial charge in [0.25, 0.3) is 0 Å². The smallest absolute Gasteiger partial charge is 0.166 e. The van der Waals surface area contributed by atoms with Gasteiger partial charge < -0.3 is 20.9 Å². The molecule has 1 aromatic carbocycles. The first-order valence-corrected chi connectivity index (χ1v) is 10.3. The van der Waals surface area contributed by atoms with Crippen LogP contribution in [0, 0.1) is 5.82 Å². The van der Waals surface area contributed by atoms with Crippen molar-refractivity contribution in [3.8, 4) is 0 Å². The number of hydrogen-bond acceptors (Lipinski definition) is 5. The first kappa shape index (κ1) is 24.0. The fourth-order valence-electron chi connectivity index (χ4n) is 3.20. The number of rotatable bonds is 10. The number of benzene rings is 1. The number of allylic oxidation sites excluding steroid dienone is 2. The molecular weight excluding hydrogens is 389 g/mol. The summed E-state index contributed by atoms with van der Waals surface area (Å²) in [4.78, 5) is 6.56.